The Kier molecular flexibility index (Phi) is 7.57. The third-order valence-electron chi connectivity index (χ3n) is 6.84. The average Bonchev–Trinajstić information content (AvgIpc) is 3.55. The summed E-state index contributed by atoms with van der Waals surface area (Å²) in [6.07, 6.45) is 4.84. The van der Waals surface area contributed by atoms with Gasteiger partial charge in [0.05, 0.1) is 7.11 Å². The van der Waals surface area contributed by atoms with Gasteiger partial charge in [0.2, 0.25) is 17.7 Å². The van der Waals surface area contributed by atoms with Gasteiger partial charge in [-0.2, -0.15) is 0 Å². The minimum absolute atomic E-state index is 0.0281. The van der Waals surface area contributed by atoms with Gasteiger partial charge in [-0.3, -0.25) is 19.2 Å². The summed E-state index contributed by atoms with van der Waals surface area (Å²) in [5.41, 5.74) is 6.61. The fourth-order valence-corrected chi connectivity index (χ4v) is 4.62. The number of H-pyrrole nitrogens is 1. The largest absolute Gasteiger partial charge is 0.496 e. The van der Waals surface area contributed by atoms with E-state index in [-0.39, 0.29) is 18.2 Å². The third-order valence-corrected chi connectivity index (χ3v) is 6.84. The Morgan fingerprint density at radius 2 is 1.97 bits per heavy atom. The molecule has 0 bridgehead atoms. The summed E-state index contributed by atoms with van der Waals surface area (Å²) in [6.45, 7) is 0.664. The first-order valence-corrected chi connectivity index (χ1v) is 12.2. The van der Waals surface area contributed by atoms with Gasteiger partial charge in [0.25, 0.3) is 5.91 Å². The molecule has 3 atom stereocenters. The van der Waals surface area contributed by atoms with E-state index in [4.69, 9.17) is 10.5 Å². The number of carbonyl (C=O) groups is 4. The number of primary amides is 1. The van der Waals surface area contributed by atoms with Gasteiger partial charge in [-0.15, -0.1) is 0 Å². The Bertz CT molecular complexity index is 1110. The number of hydrogen-bond acceptors (Lipinski definition) is 5. The van der Waals surface area contributed by atoms with Crippen LogP contribution in [-0.4, -0.2) is 54.4 Å². The highest BCUT2D eigenvalue weighted by atomic mass is 16.5. The number of ether oxygens (including phenoxy) is 1. The molecule has 1 aromatic heterocycles. The molecular formula is C25H33N5O5. The summed E-state index contributed by atoms with van der Waals surface area (Å²) in [5.74, 6) is -0.751. The molecule has 6 N–H and O–H groups in total. The summed E-state index contributed by atoms with van der Waals surface area (Å²) >= 11 is 0. The van der Waals surface area contributed by atoms with Crippen LogP contribution in [0.2, 0.25) is 0 Å². The molecule has 1 aromatic carbocycles. The molecule has 2 heterocycles. The Morgan fingerprint density at radius 3 is 2.66 bits per heavy atom. The summed E-state index contributed by atoms with van der Waals surface area (Å²) in [4.78, 5) is 53.3. The van der Waals surface area contributed by atoms with Crippen LogP contribution < -0.4 is 26.4 Å². The molecule has 10 nitrogen and oxygen atoms in total. The van der Waals surface area contributed by atoms with Crippen molar-refractivity contribution in [2.45, 2.75) is 57.0 Å². The maximum Gasteiger partial charge on any atom is 0.268 e. The molecule has 2 fully saturated rings. The fraction of sp³-hybridized carbons (Fsp3) is 0.520. The van der Waals surface area contributed by atoms with Crippen molar-refractivity contribution in [1.82, 2.24) is 20.9 Å². The maximum absolute atomic E-state index is 13.1. The highest BCUT2D eigenvalue weighted by molar-refractivity contribution is 6.01. The van der Waals surface area contributed by atoms with Crippen LogP contribution >= 0.6 is 0 Å². The molecule has 1 aliphatic carbocycles. The summed E-state index contributed by atoms with van der Waals surface area (Å²) in [5, 5.41) is 9.13. The molecule has 188 valence electrons. The van der Waals surface area contributed by atoms with Gasteiger partial charge in [0, 0.05) is 23.4 Å². The minimum atomic E-state index is -0.909. The van der Waals surface area contributed by atoms with Crippen LogP contribution in [0.15, 0.2) is 24.3 Å². The van der Waals surface area contributed by atoms with E-state index >= 15 is 0 Å². The third kappa shape index (κ3) is 6.12. The van der Waals surface area contributed by atoms with E-state index in [0.717, 1.165) is 36.6 Å². The summed E-state index contributed by atoms with van der Waals surface area (Å²) < 4.78 is 5.36. The molecule has 0 radical (unpaired) electrons. The number of nitrogens with two attached hydrogens (primary N) is 1. The SMILES string of the molecule is COc1cccc2[nH]c(C(=O)NC(CC3CC3)C(=O)N[C@@H](CC[C@@H]3CCCNC3=O)C(N)=O)cc12. The zero-order chi connectivity index (χ0) is 24.9. The molecule has 1 unspecified atom stereocenters. The first kappa shape index (κ1) is 24.6. The van der Waals surface area contributed by atoms with Gasteiger partial charge in [-0.1, -0.05) is 18.9 Å². The number of hydrogen-bond donors (Lipinski definition) is 5. The Labute approximate surface area is 203 Å². The molecule has 35 heavy (non-hydrogen) atoms. The second kappa shape index (κ2) is 10.8. The number of rotatable bonds is 11. The van der Waals surface area contributed by atoms with Gasteiger partial charge in [0.1, 0.15) is 23.5 Å². The lowest BCUT2D eigenvalue weighted by atomic mass is 9.91. The van der Waals surface area contributed by atoms with Crippen molar-refractivity contribution < 1.29 is 23.9 Å². The minimum Gasteiger partial charge on any atom is -0.496 e. The predicted octanol–water partition coefficient (Wildman–Crippen LogP) is 1.35. The topological polar surface area (TPSA) is 155 Å². The molecule has 4 rings (SSSR count). The number of piperidine rings is 1. The van der Waals surface area contributed by atoms with E-state index in [1.54, 1.807) is 13.2 Å². The quantitative estimate of drug-likeness (QED) is 0.326. The van der Waals surface area contributed by atoms with E-state index in [1.165, 1.54) is 0 Å². The monoisotopic (exact) mass is 483 g/mol. The molecule has 2 aromatic rings. The number of benzene rings is 1. The molecule has 0 spiro atoms. The van der Waals surface area contributed by atoms with Crippen molar-refractivity contribution in [2.75, 3.05) is 13.7 Å². The zero-order valence-electron chi connectivity index (χ0n) is 19.9. The number of aromatic nitrogens is 1. The maximum atomic E-state index is 13.1. The normalized spacial score (nSPS) is 19.5. The first-order valence-electron chi connectivity index (χ1n) is 12.2. The molecule has 1 saturated carbocycles. The van der Waals surface area contributed by atoms with E-state index in [9.17, 15) is 19.2 Å². The van der Waals surface area contributed by atoms with Crippen LogP contribution in [0.5, 0.6) is 5.75 Å². The number of nitrogens with one attached hydrogen (secondary N) is 4. The molecule has 4 amide bonds. The Morgan fingerprint density at radius 1 is 1.17 bits per heavy atom. The highest BCUT2D eigenvalue weighted by Crippen LogP contribution is 2.34. The number of aromatic amines is 1. The van der Waals surface area contributed by atoms with Crippen molar-refractivity contribution >= 4 is 34.5 Å². The van der Waals surface area contributed by atoms with Crippen LogP contribution in [0, 0.1) is 11.8 Å². The fourth-order valence-electron chi connectivity index (χ4n) is 4.62. The standard InChI is InChI=1S/C25H33N5O5/c1-35-21-6-2-5-17-16(21)13-20(28-17)25(34)30-19(12-14-7-8-14)24(33)29-18(22(26)31)10-9-15-4-3-11-27-23(15)32/h2,5-6,13-15,18-19,28H,3-4,7-12H2,1H3,(H2,26,31)(H,27,32)(H,29,33)(H,30,34)/t15-,18-,19?/m0/s1. The highest BCUT2D eigenvalue weighted by Gasteiger charge is 2.33. The van der Waals surface area contributed by atoms with Gasteiger partial charge in [0.15, 0.2) is 0 Å². The average molecular weight is 484 g/mol. The van der Waals surface area contributed by atoms with Gasteiger partial charge in [-0.25, -0.2) is 0 Å². The lowest BCUT2D eigenvalue weighted by molar-refractivity contribution is -0.129. The van der Waals surface area contributed by atoms with Crippen LogP contribution in [0.4, 0.5) is 0 Å². The van der Waals surface area contributed by atoms with Gasteiger partial charge >= 0.3 is 0 Å². The zero-order valence-corrected chi connectivity index (χ0v) is 19.9. The number of methoxy groups -OCH3 is 1. The van der Waals surface area contributed by atoms with Crippen molar-refractivity contribution in [3.8, 4) is 5.75 Å². The molecule has 1 saturated heterocycles. The molecule has 10 heteroatoms. The van der Waals surface area contributed by atoms with Crippen LogP contribution in [0.1, 0.15) is 55.4 Å². The van der Waals surface area contributed by atoms with Crippen molar-refractivity contribution in [1.29, 1.82) is 0 Å². The lowest BCUT2D eigenvalue weighted by Gasteiger charge is -2.25. The van der Waals surface area contributed by atoms with E-state index in [0.29, 0.717) is 36.7 Å². The smallest absolute Gasteiger partial charge is 0.268 e. The predicted molar refractivity (Wildman–Crippen MR) is 130 cm³/mol. The number of amides is 4. The summed E-state index contributed by atoms with van der Waals surface area (Å²) in [6, 6.07) is 5.45. The van der Waals surface area contributed by atoms with E-state index in [1.807, 2.05) is 18.2 Å². The van der Waals surface area contributed by atoms with Crippen molar-refractivity contribution in [3.05, 3.63) is 30.0 Å². The van der Waals surface area contributed by atoms with Gasteiger partial charge in [-0.05, 0) is 56.2 Å². The summed E-state index contributed by atoms with van der Waals surface area (Å²) in [7, 11) is 1.56. The van der Waals surface area contributed by atoms with Crippen molar-refractivity contribution in [2.24, 2.45) is 17.6 Å². The second-order valence-corrected chi connectivity index (χ2v) is 9.48. The van der Waals surface area contributed by atoms with Crippen molar-refractivity contribution in [3.63, 3.8) is 0 Å². The second-order valence-electron chi connectivity index (χ2n) is 9.48. The number of carbonyl (C=O) groups excluding carboxylic acids is 4. The Balaban J connectivity index is 1.42. The number of fused-ring (bicyclic) bond motifs is 1. The van der Waals surface area contributed by atoms with Crippen LogP contribution in [0.25, 0.3) is 10.9 Å². The van der Waals surface area contributed by atoms with Gasteiger partial charge < -0.3 is 31.4 Å². The molecule has 2 aliphatic rings. The first-order chi connectivity index (χ1) is 16.9. The Hall–Kier alpha value is -3.56. The van der Waals surface area contributed by atoms with Crippen LogP contribution in [0.3, 0.4) is 0 Å². The molecule has 1 aliphatic heterocycles. The van der Waals surface area contributed by atoms with E-state index < -0.39 is 29.8 Å². The van der Waals surface area contributed by atoms with Crippen LogP contribution in [-0.2, 0) is 14.4 Å². The molecular weight excluding hydrogens is 450 g/mol. The lowest BCUT2D eigenvalue weighted by Crippen LogP contribution is -2.53. The van der Waals surface area contributed by atoms with E-state index in [2.05, 4.69) is 20.9 Å².